The van der Waals surface area contributed by atoms with Gasteiger partial charge in [-0.2, -0.15) is 0 Å². The Balaban J connectivity index is 1.55. The number of hydrogen-bond donors (Lipinski definition) is 1. The molecule has 3 aromatic carbocycles. The molecule has 0 fully saturated rings. The van der Waals surface area contributed by atoms with Crippen LogP contribution in [0, 0.1) is 13.8 Å². The van der Waals surface area contributed by atoms with E-state index in [2.05, 4.69) is 71.9 Å². The number of fused-ring (bicyclic) bond motifs is 2. The van der Waals surface area contributed by atoms with Crippen molar-refractivity contribution in [3.8, 4) is 11.4 Å². The van der Waals surface area contributed by atoms with Crippen LogP contribution in [0.2, 0.25) is 5.02 Å². The quantitative estimate of drug-likeness (QED) is 0.474. The highest BCUT2D eigenvalue weighted by molar-refractivity contribution is 7.99. The van der Waals surface area contributed by atoms with Gasteiger partial charge in [0.15, 0.2) is 5.82 Å². The number of halogens is 1. The third kappa shape index (κ3) is 2.69. The van der Waals surface area contributed by atoms with Crippen molar-refractivity contribution < 1.29 is 0 Å². The van der Waals surface area contributed by atoms with E-state index in [-0.39, 0.29) is 5.37 Å². The maximum absolute atomic E-state index is 6.65. The Morgan fingerprint density at radius 1 is 1.00 bits per heavy atom. The molecule has 4 nitrogen and oxygen atoms in total. The fraction of sp³-hybridized carbons (Fsp3) is 0.143. The summed E-state index contributed by atoms with van der Waals surface area (Å²) in [4.78, 5) is 0. The average molecular weight is 393 g/mol. The highest BCUT2D eigenvalue weighted by Gasteiger charge is 2.30. The van der Waals surface area contributed by atoms with Crippen LogP contribution in [0.4, 0.5) is 0 Å². The van der Waals surface area contributed by atoms with Crippen LogP contribution in [0.5, 0.6) is 0 Å². The Hall–Kier alpha value is -2.50. The number of aryl methyl sites for hydroxylation is 2. The second-order valence-electron chi connectivity index (χ2n) is 6.75. The number of nitrogens with zero attached hydrogens (tertiary/aromatic N) is 3. The van der Waals surface area contributed by atoms with E-state index in [4.69, 9.17) is 11.6 Å². The molecule has 1 N–H and O–H groups in total. The summed E-state index contributed by atoms with van der Waals surface area (Å²) in [7, 11) is 0. The summed E-state index contributed by atoms with van der Waals surface area (Å²) in [6, 6.07) is 18.7. The van der Waals surface area contributed by atoms with Crippen molar-refractivity contribution in [2.75, 3.05) is 5.43 Å². The lowest BCUT2D eigenvalue weighted by molar-refractivity contribution is 0.792. The zero-order valence-corrected chi connectivity index (χ0v) is 16.5. The van der Waals surface area contributed by atoms with Gasteiger partial charge in [0, 0.05) is 16.1 Å². The SMILES string of the molecule is Cc1ccccc1-c1nnc2n1NC(c1cc3cccc(C)c3cc1Cl)S2. The van der Waals surface area contributed by atoms with Gasteiger partial charge in [-0.3, -0.25) is 0 Å². The highest BCUT2D eigenvalue weighted by atomic mass is 35.5. The van der Waals surface area contributed by atoms with Gasteiger partial charge in [-0.15, -0.1) is 10.2 Å². The number of rotatable bonds is 2. The molecule has 2 heterocycles. The summed E-state index contributed by atoms with van der Waals surface area (Å²) in [5, 5.41) is 12.7. The van der Waals surface area contributed by atoms with Gasteiger partial charge < -0.3 is 5.43 Å². The molecule has 1 aliphatic rings. The Morgan fingerprint density at radius 3 is 2.67 bits per heavy atom. The molecule has 0 saturated carbocycles. The van der Waals surface area contributed by atoms with Crippen molar-refractivity contribution in [3.63, 3.8) is 0 Å². The third-order valence-electron chi connectivity index (χ3n) is 4.99. The molecule has 5 rings (SSSR count). The minimum Gasteiger partial charge on any atom is -0.304 e. The maximum atomic E-state index is 6.65. The Labute approximate surface area is 166 Å². The van der Waals surface area contributed by atoms with Crippen molar-refractivity contribution in [1.29, 1.82) is 0 Å². The lowest BCUT2D eigenvalue weighted by Gasteiger charge is -2.15. The highest BCUT2D eigenvalue weighted by Crippen LogP contribution is 2.43. The molecule has 4 aromatic rings. The lowest BCUT2D eigenvalue weighted by atomic mass is 10.0. The van der Waals surface area contributed by atoms with E-state index in [1.54, 1.807) is 11.8 Å². The Kier molecular flexibility index (Phi) is 3.88. The molecule has 1 aromatic heterocycles. The second kappa shape index (κ2) is 6.29. The van der Waals surface area contributed by atoms with Crippen LogP contribution in [-0.4, -0.2) is 14.9 Å². The molecule has 6 heteroatoms. The van der Waals surface area contributed by atoms with Gasteiger partial charge >= 0.3 is 0 Å². The van der Waals surface area contributed by atoms with E-state index in [1.807, 2.05) is 16.8 Å². The lowest BCUT2D eigenvalue weighted by Crippen LogP contribution is -2.14. The minimum atomic E-state index is -0.00400. The smallest absolute Gasteiger partial charge is 0.212 e. The van der Waals surface area contributed by atoms with Crippen molar-refractivity contribution in [2.45, 2.75) is 24.4 Å². The normalized spacial score (nSPS) is 15.7. The molecule has 0 radical (unpaired) electrons. The van der Waals surface area contributed by atoms with E-state index in [0.29, 0.717) is 0 Å². The number of thioether (sulfide) groups is 1. The van der Waals surface area contributed by atoms with Gasteiger partial charge in [0.25, 0.3) is 0 Å². The molecule has 1 atom stereocenters. The van der Waals surface area contributed by atoms with Crippen LogP contribution in [0.3, 0.4) is 0 Å². The first-order valence-electron chi connectivity index (χ1n) is 8.75. The molecule has 0 bridgehead atoms. The fourth-order valence-electron chi connectivity index (χ4n) is 3.52. The zero-order valence-electron chi connectivity index (χ0n) is 14.9. The molecule has 1 aliphatic heterocycles. The molecule has 27 heavy (non-hydrogen) atoms. The molecule has 0 aliphatic carbocycles. The molecular weight excluding hydrogens is 376 g/mol. The third-order valence-corrected chi connectivity index (χ3v) is 6.38. The van der Waals surface area contributed by atoms with Crippen LogP contribution >= 0.6 is 23.4 Å². The van der Waals surface area contributed by atoms with Crippen LogP contribution in [0.15, 0.2) is 59.8 Å². The van der Waals surface area contributed by atoms with Gasteiger partial charge in [0.1, 0.15) is 5.37 Å². The summed E-state index contributed by atoms with van der Waals surface area (Å²) in [6.45, 7) is 4.19. The van der Waals surface area contributed by atoms with E-state index in [0.717, 1.165) is 27.1 Å². The standard InChI is InChI=1S/C21H17ClN4S/c1-12-6-3-4-9-15(12)19-23-24-21-26(19)25-20(27-21)17-10-14-8-5-7-13(2)16(14)11-18(17)22/h3-11,20,25H,1-2H3. The summed E-state index contributed by atoms with van der Waals surface area (Å²) < 4.78 is 1.97. The predicted octanol–water partition coefficient (Wildman–Crippen LogP) is 5.72. The molecule has 1 unspecified atom stereocenters. The first kappa shape index (κ1) is 16.7. The Bertz CT molecular complexity index is 1180. The largest absolute Gasteiger partial charge is 0.304 e. The second-order valence-corrected chi connectivity index (χ2v) is 8.23. The van der Waals surface area contributed by atoms with E-state index in [1.165, 1.54) is 21.9 Å². The molecular formula is C21H17ClN4S. The first-order chi connectivity index (χ1) is 13.1. The number of nitrogens with one attached hydrogen (secondary N) is 1. The van der Waals surface area contributed by atoms with Gasteiger partial charge in [0.05, 0.1) is 0 Å². The average Bonchev–Trinajstić information content (AvgIpc) is 3.23. The van der Waals surface area contributed by atoms with Crippen LogP contribution in [-0.2, 0) is 0 Å². The molecule has 0 spiro atoms. The van der Waals surface area contributed by atoms with Crippen LogP contribution in [0.25, 0.3) is 22.2 Å². The number of hydrogen-bond acceptors (Lipinski definition) is 4. The topological polar surface area (TPSA) is 42.7 Å². The van der Waals surface area contributed by atoms with Gasteiger partial charge in [0.2, 0.25) is 5.16 Å². The maximum Gasteiger partial charge on any atom is 0.212 e. The van der Waals surface area contributed by atoms with E-state index in [9.17, 15) is 0 Å². The summed E-state index contributed by atoms with van der Waals surface area (Å²) in [5.74, 6) is 0.825. The van der Waals surface area contributed by atoms with Crippen LogP contribution in [0.1, 0.15) is 22.1 Å². The first-order valence-corrected chi connectivity index (χ1v) is 10.0. The van der Waals surface area contributed by atoms with Crippen molar-refractivity contribution >= 4 is 34.1 Å². The monoisotopic (exact) mass is 392 g/mol. The van der Waals surface area contributed by atoms with Gasteiger partial charge in [-0.25, -0.2) is 4.68 Å². The Morgan fingerprint density at radius 2 is 1.81 bits per heavy atom. The van der Waals surface area contributed by atoms with E-state index >= 15 is 0 Å². The molecule has 134 valence electrons. The minimum absolute atomic E-state index is 0.00400. The zero-order chi connectivity index (χ0) is 18.5. The fourth-order valence-corrected chi connectivity index (χ4v) is 4.88. The summed E-state index contributed by atoms with van der Waals surface area (Å²) in [5.41, 5.74) is 8.04. The molecule has 0 saturated heterocycles. The number of benzene rings is 3. The van der Waals surface area contributed by atoms with Gasteiger partial charge in [-0.1, -0.05) is 65.8 Å². The predicted molar refractivity (Wildman–Crippen MR) is 112 cm³/mol. The van der Waals surface area contributed by atoms with Gasteiger partial charge in [-0.05, 0) is 47.9 Å². The number of aromatic nitrogens is 3. The van der Waals surface area contributed by atoms with Crippen molar-refractivity contribution in [3.05, 3.63) is 76.3 Å². The molecule has 0 amide bonds. The van der Waals surface area contributed by atoms with Crippen LogP contribution < -0.4 is 5.43 Å². The van der Waals surface area contributed by atoms with E-state index < -0.39 is 0 Å². The van der Waals surface area contributed by atoms with Crippen molar-refractivity contribution in [2.24, 2.45) is 0 Å². The summed E-state index contributed by atoms with van der Waals surface area (Å²) in [6.07, 6.45) is 0. The summed E-state index contributed by atoms with van der Waals surface area (Å²) >= 11 is 8.28. The van der Waals surface area contributed by atoms with Crippen molar-refractivity contribution in [1.82, 2.24) is 14.9 Å².